The van der Waals surface area contributed by atoms with Gasteiger partial charge in [0.15, 0.2) is 5.75 Å². The summed E-state index contributed by atoms with van der Waals surface area (Å²) < 4.78 is 41.9. The number of likely N-dealkylation sites (tertiary alicyclic amines) is 1. The number of likely N-dealkylation sites (N-methyl/N-ethyl adjacent to an activating group) is 1. The van der Waals surface area contributed by atoms with Gasteiger partial charge in [0.2, 0.25) is 0 Å². The SMILES string of the molecule is CN1CCCCC1CNc1ccc(Br)cc1OC(F)(F)F. The molecule has 1 aliphatic heterocycles. The summed E-state index contributed by atoms with van der Waals surface area (Å²) in [6.45, 7) is 1.63. The van der Waals surface area contributed by atoms with Crippen molar-refractivity contribution in [2.45, 2.75) is 31.7 Å². The summed E-state index contributed by atoms with van der Waals surface area (Å²) in [5.74, 6) is -0.213. The van der Waals surface area contributed by atoms with Crippen molar-refractivity contribution in [3.05, 3.63) is 22.7 Å². The number of hydrogen-bond acceptors (Lipinski definition) is 3. The molecule has 7 heteroatoms. The molecule has 1 atom stereocenters. The monoisotopic (exact) mass is 366 g/mol. The fraction of sp³-hybridized carbons (Fsp3) is 0.571. The minimum atomic E-state index is -4.70. The molecule has 0 radical (unpaired) electrons. The lowest BCUT2D eigenvalue weighted by molar-refractivity contribution is -0.274. The molecule has 0 amide bonds. The third-order valence-electron chi connectivity index (χ3n) is 3.62. The van der Waals surface area contributed by atoms with E-state index in [0.29, 0.717) is 22.7 Å². The first-order chi connectivity index (χ1) is 9.85. The summed E-state index contributed by atoms with van der Waals surface area (Å²) >= 11 is 3.16. The minimum Gasteiger partial charge on any atom is -0.404 e. The quantitative estimate of drug-likeness (QED) is 0.862. The smallest absolute Gasteiger partial charge is 0.404 e. The van der Waals surface area contributed by atoms with Crippen molar-refractivity contribution >= 4 is 21.6 Å². The maximum Gasteiger partial charge on any atom is 0.573 e. The molecule has 0 saturated carbocycles. The lowest BCUT2D eigenvalue weighted by Gasteiger charge is -2.33. The Kier molecular flexibility index (Phi) is 5.37. The molecule has 1 aromatic rings. The van der Waals surface area contributed by atoms with Crippen LogP contribution in [0, 0.1) is 0 Å². The molecule has 1 N–H and O–H groups in total. The van der Waals surface area contributed by atoms with E-state index in [1.54, 1.807) is 12.1 Å². The van der Waals surface area contributed by atoms with Crippen molar-refractivity contribution in [2.24, 2.45) is 0 Å². The summed E-state index contributed by atoms with van der Waals surface area (Å²) in [5, 5.41) is 3.08. The van der Waals surface area contributed by atoms with Crippen LogP contribution in [0.4, 0.5) is 18.9 Å². The number of nitrogens with one attached hydrogen (secondary N) is 1. The Morgan fingerprint density at radius 3 is 2.81 bits per heavy atom. The van der Waals surface area contributed by atoms with E-state index in [0.717, 1.165) is 19.4 Å². The lowest BCUT2D eigenvalue weighted by atomic mass is 10.0. The zero-order valence-electron chi connectivity index (χ0n) is 11.7. The van der Waals surface area contributed by atoms with Crippen LogP contribution in [-0.2, 0) is 0 Å². The third kappa shape index (κ3) is 5.07. The van der Waals surface area contributed by atoms with E-state index in [2.05, 4.69) is 30.9 Å². The van der Waals surface area contributed by atoms with Crippen LogP contribution in [0.3, 0.4) is 0 Å². The molecule has 0 aliphatic carbocycles. The number of rotatable bonds is 4. The second kappa shape index (κ2) is 6.87. The van der Waals surface area contributed by atoms with Crippen LogP contribution in [0.5, 0.6) is 5.75 Å². The Labute approximate surface area is 130 Å². The van der Waals surface area contributed by atoms with Gasteiger partial charge in [-0.15, -0.1) is 13.2 Å². The molecule has 1 aliphatic rings. The van der Waals surface area contributed by atoms with Gasteiger partial charge in [0.05, 0.1) is 5.69 Å². The first kappa shape index (κ1) is 16.4. The van der Waals surface area contributed by atoms with Crippen LogP contribution >= 0.6 is 15.9 Å². The maximum absolute atomic E-state index is 12.4. The van der Waals surface area contributed by atoms with Crippen LogP contribution < -0.4 is 10.1 Å². The fourth-order valence-electron chi connectivity index (χ4n) is 2.48. The number of anilines is 1. The molecule has 0 aromatic heterocycles. The number of piperidine rings is 1. The molecule has 0 bridgehead atoms. The Bertz CT molecular complexity index is 482. The average Bonchev–Trinajstić information content (AvgIpc) is 2.38. The number of alkyl halides is 3. The zero-order valence-corrected chi connectivity index (χ0v) is 13.3. The number of hydrogen-bond donors (Lipinski definition) is 1. The summed E-state index contributed by atoms with van der Waals surface area (Å²) in [5.41, 5.74) is 0.356. The number of nitrogens with zero attached hydrogens (tertiary/aromatic N) is 1. The molecule has 118 valence electrons. The van der Waals surface area contributed by atoms with E-state index in [-0.39, 0.29) is 5.75 Å². The molecular formula is C14H18BrF3N2O. The first-order valence-corrected chi connectivity index (χ1v) is 7.64. The Balaban J connectivity index is 2.05. The Morgan fingerprint density at radius 1 is 1.38 bits per heavy atom. The predicted octanol–water partition coefficient (Wildman–Crippen LogP) is 4.24. The van der Waals surface area contributed by atoms with Gasteiger partial charge in [0.25, 0.3) is 0 Å². The van der Waals surface area contributed by atoms with Crippen LogP contribution in [0.1, 0.15) is 19.3 Å². The second-order valence-electron chi connectivity index (χ2n) is 5.20. The summed E-state index contributed by atoms with van der Waals surface area (Å²) in [6.07, 6.45) is -1.31. The highest BCUT2D eigenvalue weighted by Crippen LogP contribution is 2.33. The molecule has 21 heavy (non-hydrogen) atoms. The molecule has 1 saturated heterocycles. The topological polar surface area (TPSA) is 24.5 Å². The van der Waals surface area contributed by atoms with Gasteiger partial charge in [-0.3, -0.25) is 0 Å². The van der Waals surface area contributed by atoms with E-state index >= 15 is 0 Å². The molecule has 1 heterocycles. The van der Waals surface area contributed by atoms with Crippen molar-refractivity contribution in [1.82, 2.24) is 4.90 Å². The Morgan fingerprint density at radius 2 is 2.14 bits per heavy atom. The predicted molar refractivity (Wildman–Crippen MR) is 79.6 cm³/mol. The molecule has 2 rings (SSSR count). The first-order valence-electron chi connectivity index (χ1n) is 6.84. The van der Waals surface area contributed by atoms with Crippen LogP contribution in [-0.4, -0.2) is 37.4 Å². The third-order valence-corrected chi connectivity index (χ3v) is 4.11. The summed E-state index contributed by atoms with van der Waals surface area (Å²) in [6, 6.07) is 4.94. The van der Waals surface area contributed by atoms with Gasteiger partial charge >= 0.3 is 6.36 Å². The normalized spacial score (nSPS) is 20.3. The minimum absolute atomic E-state index is 0.213. The highest BCUT2D eigenvalue weighted by atomic mass is 79.9. The van der Waals surface area contributed by atoms with Crippen molar-refractivity contribution in [3.8, 4) is 5.75 Å². The van der Waals surface area contributed by atoms with Crippen LogP contribution in [0.2, 0.25) is 0 Å². The summed E-state index contributed by atoms with van der Waals surface area (Å²) in [7, 11) is 2.04. The molecular weight excluding hydrogens is 349 g/mol. The lowest BCUT2D eigenvalue weighted by Crippen LogP contribution is -2.40. The maximum atomic E-state index is 12.4. The van der Waals surface area contributed by atoms with Crippen molar-refractivity contribution < 1.29 is 17.9 Å². The van der Waals surface area contributed by atoms with Gasteiger partial charge in [-0.2, -0.15) is 0 Å². The van der Waals surface area contributed by atoms with E-state index in [1.807, 2.05) is 7.05 Å². The van der Waals surface area contributed by atoms with Crippen molar-refractivity contribution in [3.63, 3.8) is 0 Å². The number of ether oxygens (including phenoxy) is 1. The Hall–Kier alpha value is -0.950. The molecule has 3 nitrogen and oxygen atoms in total. The van der Waals surface area contributed by atoms with Crippen LogP contribution in [0.25, 0.3) is 0 Å². The standard InChI is InChI=1S/C14H18BrF3N2O/c1-20-7-3-2-4-11(20)9-19-12-6-5-10(15)8-13(12)21-14(16,17)18/h5-6,8,11,19H,2-4,7,9H2,1H3. The van der Waals surface area contributed by atoms with Gasteiger partial charge in [-0.25, -0.2) is 0 Å². The average molecular weight is 367 g/mol. The van der Waals surface area contributed by atoms with Gasteiger partial charge in [0.1, 0.15) is 0 Å². The largest absolute Gasteiger partial charge is 0.573 e. The van der Waals surface area contributed by atoms with E-state index < -0.39 is 6.36 Å². The number of halogens is 4. The van der Waals surface area contributed by atoms with Gasteiger partial charge in [-0.05, 0) is 44.6 Å². The highest BCUT2D eigenvalue weighted by molar-refractivity contribution is 9.10. The van der Waals surface area contributed by atoms with E-state index in [9.17, 15) is 13.2 Å². The van der Waals surface area contributed by atoms with Crippen molar-refractivity contribution in [2.75, 3.05) is 25.5 Å². The highest BCUT2D eigenvalue weighted by Gasteiger charge is 2.32. The van der Waals surface area contributed by atoms with Gasteiger partial charge in [0, 0.05) is 17.1 Å². The molecule has 1 unspecified atom stereocenters. The van der Waals surface area contributed by atoms with Gasteiger partial charge < -0.3 is 15.0 Å². The molecule has 1 fully saturated rings. The van der Waals surface area contributed by atoms with E-state index in [4.69, 9.17) is 0 Å². The summed E-state index contributed by atoms with van der Waals surface area (Å²) in [4.78, 5) is 2.24. The number of benzene rings is 1. The zero-order chi connectivity index (χ0) is 15.5. The molecule has 0 spiro atoms. The van der Waals surface area contributed by atoms with Crippen LogP contribution in [0.15, 0.2) is 22.7 Å². The molecule has 1 aromatic carbocycles. The van der Waals surface area contributed by atoms with Crippen molar-refractivity contribution in [1.29, 1.82) is 0 Å². The van der Waals surface area contributed by atoms with Gasteiger partial charge in [-0.1, -0.05) is 22.4 Å². The fourth-order valence-corrected chi connectivity index (χ4v) is 2.82. The second-order valence-corrected chi connectivity index (χ2v) is 6.12. The van der Waals surface area contributed by atoms with E-state index in [1.165, 1.54) is 12.5 Å².